The van der Waals surface area contributed by atoms with Gasteiger partial charge in [0.1, 0.15) is 0 Å². The zero-order valence-corrected chi connectivity index (χ0v) is 14.3. The highest BCUT2D eigenvalue weighted by Gasteiger charge is 2.25. The topological polar surface area (TPSA) is 105 Å². The van der Waals surface area contributed by atoms with E-state index in [1.54, 1.807) is 12.1 Å². The maximum absolute atomic E-state index is 12.4. The quantitative estimate of drug-likeness (QED) is 0.773. The number of anilines is 1. The molecule has 9 heteroatoms. The molecule has 0 spiro atoms. The third kappa shape index (κ3) is 4.11. The largest absolute Gasteiger partial charge is 0.278 e. The predicted molar refractivity (Wildman–Crippen MR) is 89.4 cm³/mol. The molecule has 0 radical (unpaired) electrons. The Balaban J connectivity index is 1.83. The van der Waals surface area contributed by atoms with Crippen LogP contribution < -0.4 is 9.44 Å². The van der Waals surface area contributed by atoms with Gasteiger partial charge in [-0.2, -0.15) is 0 Å². The number of pyridine rings is 1. The Morgan fingerprint density at radius 3 is 2.33 bits per heavy atom. The molecule has 1 fully saturated rings. The van der Waals surface area contributed by atoms with E-state index < -0.39 is 20.0 Å². The zero-order chi connectivity index (χ0) is 17.2. The summed E-state index contributed by atoms with van der Waals surface area (Å²) in [5, 5.41) is 0. The first kappa shape index (κ1) is 16.9. The SMILES string of the molecule is O=S(=O)(NCC1CC1)c1cccc(S(=O)(=O)Nc2cccnc2)c1. The van der Waals surface area contributed by atoms with E-state index >= 15 is 0 Å². The van der Waals surface area contributed by atoms with Gasteiger partial charge in [0.15, 0.2) is 0 Å². The van der Waals surface area contributed by atoms with Crippen molar-refractivity contribution < 1.29 is 16.8 Å². The minimum Gasteiger partial charge on any atom is -0.278 e. The predicted octanol–water partition coefficient (Wildman–Crippen LogP) is 1.57. The van der Waals surface area contributed by atoms with Crippen LogP contribution in [-0.4, -0.2) is 28.4 Å². The normalized spacial score (nSPS) is 15.2. The third-order valence-corrected chi connectivity index (χ3v) is 6.40. The Kier molecular flexibility index (Phi) is 4.57. The van der Waals surface area contributed by atoms with Crippen molar-refractivity contribution in [2.24, 2.45) is 5.92 Å². The molecule has 0 saturated heterocycles. The molecule has 2 aromatic rings. The Bertz CT molecular complexity index is 924. The molecule has 0 bridgehead atoms. The number of aromatic nitrogens is 1. The number of hydrogen-bond acceptors (Lipinski definition) is 5. The lowest BCUT2D eigenvalue weighted by Crippen LogP contribution is -2.26. The van der Waals surface area contributed by atoms with Crippen LogP contribution in [0.2, 0.25) is 0 Å². The van der Waals surface area contributed by atoms with Crippen LogP contribution in [0.4, 0.5) is 5.69 Å². The summed E-state index contributed by atoms with van der Waals surface area (Å²) in [5.74, 6) is 0.388. The van der Waals surface area contributed by atoms with Crippen molar-refractivity contribution in [3.63, 3.8) is 0 Å². The summed E-state index contributed by atoms with van der Waals surface area (Å²) in [4.78, 5) is 3.64. The molecule has 128 valence electrons. The highest BCUT2D eigenvalue weighted by Crippen LogP contribution is 2.28. The van der Waals surface area contributed by atoms with Crippen LogP contribution in [0.3, 0.4) is 0 Å². The lowest BCUT2D eigenvalue weighted by molar-refractivity contribution is 0.577. The van der Waals surface area contributed by atoms with Gasteiger partial charge in [-0.25, -0.2) is 21.6 Å². The number of sulfonamides is 2. The molecule has 2 N–H and O–H groups in total. The molecule has 1 aliphatic carbocycles. The van der Waals surface area contributed by atoms with Crippen LogP contribution in [0.15, 0.2) is 58.6 Å². The minimum atomic E-state index is -3.90. The number of nitrogens with zero attached hydrogens (tertiary/aromatic N) is 1. The van der Waals surface area contributed by atoms with Crippen molar-refractivity contribution in [2.75, 3.05) is 11.3 Å². The zero-order valence-electron chi connectivity index (χ0n) is 12.7. The molecule has 1 aromatic heterocycles. The monoisotopic (exact) mass is 367 g/mol. The molecule has 1 saturated carbocycles. The first-order valence-electron chi connectivity index (χ1n) is 7.39. The molecule has 1 aliphatic rings. The van der Waals surface area contributed by atoms with Gasteiger partial charge in [0, 0.05) is 12.7 Å². The second kappa shape index (κ2) is 6.50. The van der Waals surface area contributed by atoms with E-state index in [1.807, 2.05) is 0 Å². The van der Waals surface area contributed by atoms with Gasteiger partial charge in [0.05, 0.1) is 21.7 Å². The van der Waals surface area contributed by atoms with Gasteiger partial charge in [0.25, 0.3) is 10.0 Å². The fourth-order valence-electron chi connectivity index (χ4n) is 2.08. The number of rotatable bonds is 7. The van der Waals surface area contributed by atoms with Crippen molar-refractivity contribution >= 4 is 25.7 Å². The molecular formula is C15H17N3O4S2. The Morgan fingerprint density at radius 2 is 1.71 bits per heavy atom. The van der Waals surface area contributed by atoms with Crippen molar-refractivity contribution in [3.05, 3.63) is 48.8 Å². The van der Waals surface area contributed by atoms with Crippen molar-refractivity contribution in [1.29, 1.82) is 0 Å². The molecule has 7 nitrogen and oxygen atoms in total. The van der Waals surface area contributed by atoms with Gasteiger partial charge in [0.2, 0.25) is 10.0 Å². The maximum Gasteiger partial charge on any atom is 0.261 e. The first-order valence-corrected chi connectivity index (χ1v) is 10.4. The van der Waals surface area contributed by atoms with Gasteiger partial charge >= 0.3 is 0 Å². The van der Waals surface area contributed by atoms with Crippen LogP contribution in [0.5, 0.6) is 0 Å². The third-order valence-electron chi connectivity index (χ3n) is 3.60. The summed E-state index contributed by atoms with van der Waals surface area (Å²) < 4.78 is 54.2. The fourth-order valence-corrected chi connectivity index (χ4v) is 4.40. The second-order valence-corrected chi connectivity index (χ2v) is 9.07. The van der Waals surface area contributed by atoms with E-state index in [9.17, 15) is 16.8 Å². The average Bonchev–Trinajstić information content (AvgIpc) is 3.38. The lowest BCUT2D eigenvalue weighted by Gasteiger charge is -2.10. The highest BCUT2D eigenvalue weighted by molar-refractivity contribution is 7.93. The summed E-state index contributed by atoms with van der Waals surface area (Å²) in [6.45, 7) is 0.382. The van der Waals surface area contributed by atoms with E-state index in [4.69, 9.17) is 0 Å². The van der Waals surface area contributed by atoms with Crippen LogP contribution in [0.25, 0.3) is 0 Å². The number of hydrogen-bond donors (Lipinski definition) is 2. The molecule has 0 atom stereocenters. The summed E-state index contributed by atoms with van der Waals surface area (Å²) in [6, 6.07) is 8.43. The van der Waals surface area contributed by atoms with Gasteiger partial charge in [-0.15, -0.1) is 0 Å². The van der Waals surface area contributed by atoms with Gasteiger partial charge in [-0.1, -0.05) is 6.07 Å². The molecule has 0 amide bonds. The summed E-state index contributed by atoms with van der Waals surface area (Å²) >= 11 is 0. The summed E-state index contributed by atoms with van der Waals surface area (Å²) in [6.07, 6.45) is 4.93. The first-order chi connectivity index (χ1) is 11.4. The van der Waals surface area contributed by atoms with E-state index in [1.165, 1.54) is 30.6 Å². The Morgan fingerprint density at radius 1 is 1.00 bits per heavy atom. The standard InChI is InChI=1S/C15H17N3O4S2/c19-23(20,17-10-12-6-7-12)14-4-1-5-15(9-14)24(21,22)18-13-3-2-8-16-11-13/h1-5,8-9,11-12,17-18H,6-7,10H2. The summed E-state index contributed by atoms with van der Waals surface area (Å²) in [7, 11) is -7.62. The second-order valence-electron chi connectivity index (χ2n) is 5.62. The van der Waals surface area contributed by atoms with Crippen LogP contribution in [0, 0.1) is 5.92 Å². The van der Waals surface area contributed by atoms with Crippen LogP contribution in [0.1, 0.15) is 12.8 Å². The smallest absolute Gasteiger partial charge is 0.261 e. The molecular weight excluding hydrogens is 350 g/mol. The van der Waals surface area contributed by atoms with E-state index in [-0.39, 0.29) is 9.79 Å². The Hall–Kier alpha value is -1.97. The molecule has 1 heterocycles. The van der Waals surface area contributed by atoms with Crippen molar-refractivity contribution in [2.45, 2.75) is 22.6 Å². The van der Waals surface area contributed by atoms with Crippen molar-refractivity contribution in [3.8, 4) is 0 Å². The minimum absolute atomic E-state index is 0.0720. The molecule has 24 heavy (non-hydrogen) atoms. The Labute approximate surface area is 141 Å². The van der Waals surface area contributed by atoms with Crippen molar-refractivity contribution in [1.82, 2.24) is 9.71 Å². The molecule has 3 rings (SSSR count). The molecule has 0 aliphatic heterocycles. The van der Waals surface area contributed by atoms with Crippen LogP contribution in [-0.2, 0) is 20.0 Å². The van der Waals surface area contributed by atoms with Gasteiger partial charge in [-0.05, 0) is 49.1 Å². The van der Waals surface area contributed by atoms with Gasteiger partial charge in [-0.3, -0.25) is 9.71 Å². The highest BCUT2D eigenvalue weighted by atomic mass is 32.2. The summed E-state index contributed by atoms with van der Waals surface area (Å²) in [5.41, 5.74) is 0.303. The van der Waals surface area contributed by atoms with E-state index in [0.29, 0.717) is 18.2 Å². The fraction of sp³-hybridized carbons (Fsp3) is 0.267. The van der Waals surface area contributed by atoms with E-state index in [2.05, 4.69) is 14.4 Å². The average molecular weight is 367 g/mol. The molecule has 1 aromatic carbocycles. The maximum atomic E-state index is 12.4. The van der Waals surface area contributed by atoms with Crippen LogP contribution >= 0.6 is 0 Å². The number of benzene rings is 1. The lowest BCUT2D eigenvalue weighted by atomic mass is 10.4. The molecule has 0 unspecified atom stereocenters. The number of nitrogens with one attached hydrogen (secondary N) is 2. The van der Waals surface area contributed by atoms with Gasteiger partial charge < -0.3 is 0 Å². The van der Waals surface area contributed by atoms with E-state index in [0.717, 1.165) is 18.9 Å².